The van der Waals surface area contributed by atoms with Crippen molar-refractivity contribution in [2.45, 2.75) is 77.8 Å². The molecule has 3 aromatic rings. The van der Waals surface area contributed by atoms with Gasteiger partial charge in [0.25, 0.3) is 0 Å². The van der Waals surface area contributed by atoms with Crippen molar-refractivity contribution in [3.8, 4) is 0 Å². The monoisotopic (exact) mass is 594 g/mol. The topological polar surface area (TPSA) is 66.5 Å². The van der Waals surface area contributed by atoms with E-state index < -0.39 is 28.8 Å². The Morgan fingerprint density at radius 2 is 1.72 bits per heavy atom. The number of carbonyl (C=O) groups excluding carboxylic acids is 3. The third-order valence-electron chi connectivity index (χ3n) is 9.54. The minimum atomic E-state index is -1.31. The minimum absolute atomic E-state index is 0.0741. The Hall–Kier alpha value is -3.70. The van der Waals surface area contributed by atoms with Gasteiger partial charge in [-0.15, -0.1) is 0 Å². The number of anilines is 2. The number of para-hydroxylation sites is 1. The van der Waals surface area contributed by atoms with Gasteiger partial charge in [0.1, 0.15) is 11.5 Å². The fourth-order valence-corrected chi connectivity index (χ4v) is 7.61. The average molecular weight is 595 g/mol. The zero-order chi connectivity index (χ0) is 30.7. The van der Waals surface area contributed by atoms with Crippen LogP contribution in [0, 0.1) is 11.3 Å². The molecule has 3 aliphatic rings. The number of amides is 1. The molecule has 0 aromatic heterocycles. The fraction of sp³-hybridized carbons (Fsp3) is 0.378. The van der Waals surface area contributed by atoms with Crippen LogP contribution in [-0.4, -0.2) is 29.6 Å². The molecular weight excluding hydrogens is 556 g/mol. The number of unbranched alkanes of at least 4 members (excludes halogenated alkanes) is 2. The van der Waals surface area contributed by atoms with Gasteiger partial charge in [0.15, 0.2) is 11.6 Å². The Balaban J connectivity index is 1.59. The number of carbonyl (C=O) groups is 3. The summed E-state index contributed by atoms with van der Waals surface area (Å²) in [6, 6.07) is 19.6. The van der Waals surface area contributed by atoms with Crippen molar-refractivity contribution in [3.63, 3.8) is 0 Å². The van der Waals surface area contributed by atoms with Gasteiger partial charge in [-0.1, -0.05) is 101 Å². The summed E-state index contributed by atoms with van der Waals surface area (Å²) in [6.07, 6.45) is 6.42. The van der Waals surface area contributed by atoms with Crippen LogP contribution in [0.15, 0.2) is 72.8 Å². The molecule has 0 radical (unpaired) electrons. The Labute approximate surface area is 259 Å². The Bertz CT molecular complexity index is 1650. The maximum atomic E-state index is 15.0. The van der Waals surface area contributed by atoms with Gasteiger partial charge in [0.2, 0.25) is 5.91 Å². The molecule has 3 aromatic carbocycles. The van der Waals surface area contributed by atoms with E-state index in [1.807, 2.05) is 94.4 Å². The molecule has 0 aliphatic carbocycles. The zero-order valence-electron chi connectivity index (χ0n) is 25.5. The number of ketones is 2. The standard InChI is InChI=1S/C37H39ClN2O3/c1-6-7-8-11-23-14-16-24(17-15-23)33(41)31-32(34(42)36(3,4)5)40-29-19-18-25(38)21-26(29)22(2)20-30(40)37(31)27-12-9-10-13-28(27)39-35(37)43/h9-10,12-21,30-32H,6-8,11H2,1-5H3,(H,39,43)/t30-,31+,32+,37-/m1/s1. The molecule has 1 saturated heterocycles. The van der Waals surface area contributed by atoms with E-state index in [1.165, 1.54) is 5.56 Å². The van der Waals surface area contributed by atoms with Crippen molar-refractivity contribution in [3.05, 3.63) is 100 Å². The molecule has 43 heavy (non-hydrogen) atoms. The summed E-state index contributed by atoms with van der Waals surface area (Å²) < 4.78 is 0. The van der Waals surface area contributed by atoms with Crippen LogP contribution in [0.1, 0.15) is 80.9 Å². The number of rotatable bonds is 7. The van der Waals surface area contributed by atoms with Crippen LogP contribution in [0.2, 0.25) is 5.02 Å². The first-order valence-electron chi connectivity index (χ1n) is 15.3. The number of halogens is 1. The van der Waals surface area contributed by atoms with Crippen LogP contribution >= 0.6 is 11.6 Å². The number of aryl methyl sites for hydroxylation is 1. The Morgan fingerprint density at radius 3 is 2.42 bits per heavy atom. The molecule has 1 fully saturated rings. The van der Waals surface area contributed by atoms with E-state index in [0.29, 0.717) is 16.3 Å². The van der Waals surface area contributed by atoms with E-state index in [4.69, 9.17) is 11.6 Å². The highest BCUT2D eigenvalue weighted by molar-refractivity contribution is 6.31. The molecule has 1 spiro atoms. The highest BCUT2D eigenvalue weighted by Crippen LogP contribution is 2.59. The molecule has 1 N–H and O–H groups in total. The minimum Gasteiger partial charge on any atom is -0.352 e. The third kappa shape index (κ3) is 4.55. The van der Waals surface area contributed by atoms with Crippen molar-refractivity contribution in [1.82, 2.24) is 0 Å². The molecule has 5 nitrogen and oxygen atoms in total. The van der Waals surface area contributed by atoms with Gasteiger partial charge in [-0.05, 0) is 60.7 Å². The summed E-state index contributed by atoms with van der Waals surface area (Å²) in [7, 11) is 0. The molecule has 0 unspecified atom stereocenters. The van der Waals surface area contributed by atoms with Crippen LogP contribution in [0.4, 0.5) is 11.4 Å². The molecule has 1 amide bonds. The molecular formula is C37H39ClN2O3. The van der Waals surface area contributed by atoms with E-state index >= 15 is 0 Å². The first kappa shape index (κ1) is 29.4. The number of nitrogens with zero attached hydrogens (tertiary/aromatic N) is 1. The smallest absolute Gasteiger partial charge is 0.238 e. The largest absolute Gasteiger partial charge is 0.352 e. The first-order chi connectivity index (χ1) is 20.5. The number of fused-ring (bicyclic) bond motifs is 6. The zero-order valence-corrected chi connectivity index (χ0v) is 26.3. The van der Waals surface area contributed by atoms with Crippen molar-refractivity contribution >= 4 is 46.0 Å². The van der Waals surface area contributed by atoms with Gasteiger partial charge >= 0.3 is 0 Å². The van der Waals surface area contributed by atoms with Crippen LogP contribution in [-0.2, 0) is 21.4 Å². The van der Waals surface area contributed by atoms with Crippen LogP contribution < -0.4 is 10.2 Å². The maximum absolute atomic E-state index is 15.0. The van der Waals surface area contributed by atoms with Gasteiger partial charge in [0, 0.05) is 32.9 Å². The van der Waals surface area contributed by atoms with E-state index in [2.05, 4.69) is 23.2 Å². The molecule has 3 aliphatic heterocycles. The number of nitrogens with one attached hydrogen (secondary N) is 1. The number of hydrogen-bond donors (Lipinski definition) is 1. The molecule has 4 atom stereocenters. The quantitative estimate of drug-likeness (QED) is 0.222. The van der Waals surface area contributed by atoms with Gasteiger partial charge in [0.05, 0.1) is 12.0 Å². The predicted molar refractivity (Wildman–Crippen MR) is 174 cm³/mol. The van der Waals surface area contributed by atoms with Crippen LogP contribution in [0.3, 0.4) is 0 Å². The maximum Gasteiger partial charge on any atom is 0.238 e. The number of hydrogen-bond acceptors (Lipinski definition) is 4. The molecule has 0 saturated carbocycles. The lowest BCUT2D eigenvalue weighted by Gasteiger charge is -2.40. The summed E-state index contributed by atoms with van der Waals surface area (Å²) >= 11 is 6.45. The van der Waals surface area contributed by atoms with Gasteiger partial charge < -0.3 is 10.2 Å². The number of benzene rings is 3. The van der Waals surface area contributed by atoms with Crippen molar-refractivity contribution in [2.75, 3.05) is 10.2 Å². The van der Waals surface area contributed by atoms with Gasteiger partial charge in [-0.25, -0.2) is 0 Å². The average Bonchev–Trinajstić information content (AvgIpc) is 3.44. The van der Waals surface area contributed by atoms with Crippen molar-refractivity contribution in [2.24, 2.45) is 11.3 Å². The summed E-state index contributed by atoms with van der Waals surface area (Å²) in [5.74, 6) is -1.46. The van der Waals surface area contributed by atoms with Crippen LogP contribution in [0.25, 0.3) is 5.57 Å². The highest BCUT2D eigenvalue weighted by atomic mass is 35.5. The molecule has 222 valence electrons. The Morgan fingerprint density at radius 1 is 1.00 bits per heavy atom. The summed E-state index contributed by atoms with van der Waals surface area (Å²) in [6.45, 7) is 9.85. The van der Waals surface area contributed by atoms with Crippen LogP contribution in [0.5, 0.6) is 0 Å². The Kier molecular flexibility index (Phi) is 7.37. The van der Waals surface area contributed by atoms with Gasteiger partial charge in [-0.2, -0.15) is 0 Å². The summed E-state index contributed by atoms with van der Waals surface area (Å²) in [5, 5.41) is 3.69. The van der Waals surface area contributed by atoms with E-state index in [9.17, 15) is 14.4 Å². The number of Topliss-reactive ketones (excluding diaryl/α,β-unsaturated/α-hetero) is 2. The summed E-state index contributed by atoms with van der Waals surface area (Å²) in [5.41, 5.74) is 3.75. The SMILES string of the molecule is CCCCCc1ccc(C(=O)[C@@H]2[C@@H](C(=O)C(C)(C)C)N3c4ccc(Cl)cc4C(C)=C[C@@H]3[C@@]23C(=O)Nc2ccccc23)cc1. The predicted octanol–water partition coefficient (Wildman–Crippen LogP) is 8.05. The van der Waals surface area contributed by atoms with E-state index in [-0.39, 0.29) is 17.5 Å². The summed E-state index contributed by atoms with van der Waals surface area (Å²) in [4.78, 5) is 46.1. The molecule has 3 heterocycles. The highest BCUT2D eigenvalue weighted by Gasteiger charge is 2.71. The van der Waals surface area contributed by atoms with Crippen molar-refractivity contribution < 1.29 is 14.4 Å². The lowest BCUT2D eigenvalue weighted by Crippen LogP contribution is -2.51. The first-order valence-corrected chi connectivity index (χ1v) is 15.7. The fourth-order valence-electron chi connectivity index (χ4n) is 7.44. The normalized spacial score (nSPS) is 23.9. The molecule has 6 rings (SSSR count). The second-order valence-electron chi connectivity index (χ2n) is 13.3. The second-order valence-corrected chi connectivity index (χ2v) is 13.7. The number of allylic oxidation sites excluding steroid dienone is 1. The third-order valence-corrected chi connectivity index (χ3v) is 9.77. The van der Waals surface area contributed by atoms with E-state index in [1.54, 1.807) is 0 Å². The van der Waals surface area contributed by atoms with Crippen molar-refractivity contribution in [1.29, 1.82) is 0 Å². The molecule has 0 bridgehead atoms. The molecule has 6 heteroatoms. The van der Waals surface area contributed by atoms with Gasteiger partial charge in [-0.3, -0.25) is 14.4 Å². The lowest BCUT2D eigenvalue weighted by molar-refractivity contribution is -0.128. The lowest BCUT2D eigenvalue weighted by atomic mass is 9.63. The van der Waals surface area contributed by atoms with E-state index in [0.717, 1.165) is 48.1 Å². The second kappa shape index (κ2) is 10.8.